The summed E-state index contributed by atoms with van der Waals surface area (Å²) >= 11 is 2.59. The molecule has 3 aliphatic rings. The van der Waals surface area contributed by atoms with E-state index in [0.717, 1.165) is 0 Å². The highest BCUT2D eigenvalue weighted by molar-refractivity contribution is 7.99. The van der Waals surface area contributed by atoms with Gasteiger partial charge in [0.15, 0.2) is 0 Å². The fourth-order valence-corrected chi connectivity index (χ4v) is 7.02. The third-order valence-corrected chi connectivity index (χ3v) is 9.28. The van der Waals surface area contributed by atoms with Crippen molar-refractivity contribution in [3.63, 3.8) is 0 Å². The monoisotopic (exact) mass is 594 g/mol. The standard InChI is InChI=1S/C26H34N4O8S2/c1-39-13-21(31)27-14-9-18(25(35)36)29(11-14)23(33)16-5-2-3-6-17(16)24(34)30-12-15(10-19(30)26(37)38)28-22(32)20-7-4-8-40-20/h4,7-8,14-19H,2-3,5-6,9-13H2,1H3,(H,27,31)(H,28,32)(H,35,36)(H,37,38)/t14-,15-,16?,17?,18-,19-/m0/s1. The van der Waals surface area contributed by atoms with Gasteiger partial charge in [-0.05, 0) is 30.5 Å². The number of nitrogens with zero attached hydrogens (tertiary/aromatic N) is 2. The van der Waals surface area contributed by atoms with Gasteiger partial charge >= 0.3 is 11.9 Å². The highest BCUT2D eigenvalue weighted by Gasteiger charge is 2.49. The first-order valence-electron chi connectivity index (χ1n) is 13.3. The van der Waals surface area contributed by atoms with Crippen LogP contribution in [0.1, 0.15) is 48.2 Å². The molecule has 6 atom stereocenters. The molecule has 3 fully saturated rings. The second kappa shape index (κ2) is 13.0. The van der Waals surface area contributed by atoms with Crippen molar-refractivity contribution >= 4 is 58.7 Å². The molecule has 0 radical (unpaired) electrons. The van der Waals surface area contributed by atoms with E-state index in [1.807, 2.05) is 0 Å². The number of rotatable bonds is 9. The van der Waals surface area contributed by atoms with Crippen LogP contribution in [-0.4, -0.2) is 105 Å². The number of thiophene rings is 1. The van der Waals surface area contributed by atoms with Crippen molar-refractivity contribution in [2.45, 2.75) is 62.7 Å². The summed E-state index contributed by atoms with van der Waals surface area (Å²) in [5, 5.41) is 27.0. The zero-order valence-electron chi connectivity index (χ0n) is 22.1. The van der Waals surface area contributed by atoms with E-state index in [1.165, 1.54) is 32.9 Å². The van der Waals surface area contributed by atoms with E-state index >= 15 is 0 Å². The molecule has 4 N–H and O–H groups in total. The number of carbonyl (C=O) groups is 6. The van der Waals surface area contributed by atoms with Crippen LogP contribution in [-0.2, 0) is 24.0 Å². The molecule has 2 unspecified atom stereocenters. The summed E-state index contributed by atoms with van der Waals surface area (Å²) in [6, 6.07) is 0.0588. The summed E-state index contributed by atoms with van der Waals surface area (Å²) in [4.78, 5) is 79.3. The van der Waals surface area contributed by atoms with Gasteiger partial charge in [-0.25, -0.2) is 9.59 Å². The first-order chi connectivity index (χ1) is 19.1. The van der Waals surface area contributed by atoms with Crippen molar-refractivity contribution in [3.05, 3.63) is 22.4 Å². The van der Waals surface area contributed by atoms with Gasteiger partial charge in [-0.15, -0.1) is 11.3 Å². The molecule has 1 saturated carbocycles. The quantitative estimate of drug-likeness (QED) is 0.324. The van der Waals surface area contributed by atoms with Crippen LogP contribution >= 0.6 is 23.1 Å². The van der Waals surface area contributed by atoms with E-state index < -0.39 is 59.8 Å². The molecule has 12 nitrogen and oxygen atoms in total. The van der Waals surface area contributed by atoms with Gasteiger partial charge in [0.2, 0.25) is 17.7 Å². The first-order valence-corrected chi connectivity index (χ1v) is 15.6. The lowest BCUT2D eigenvalue weighted by Gasteiger charge is -2.36. The molecule has 1 aromatic heterocycles. The van der Waals surface area contributed by atoms with Crippen LogP contribution in [0.3, 0.4) is 0 Å². The molecular formula is C26H34N4O8S2. The number of carboxylic acid groups (broad SMARTS) is 2. The summed E-state index contributed by atoms with van der Waals surface area (Å²) in [6.45, 7) is 0.0426. The number of hydrogen-bond acceptors (Lipinski definition) is 8. The normalized spacial score (nSPS) is 28.2. The zero-order chi connectivity index (χ0) is 29.0. The van der Waals surface area contributed by atoms with Gasteiger partial charge in [-0.3, -0.25) is 19.2 Å². The summed E-state index contributed by atoms with van der Waals surface area (Å²) in [5.41, 5.74) is 0. The van der Waals surface area contributed by atoms with Gasteiger partial charge in [-0.2, -0.15) is 11.8 Å². The zero-order valence-corrected chi connectivity index (χ0v) is 23.7. The third-order valence-electron chi connectivity index (χ3n) is 7.86. The van der Waals surface area contributed by atoms with E-state index in [2.05, 4.69) is 10.6 Å². The summed E-state index contributed by atoms with van der Waals surface area (Å²) in [6.07, 6.45) is 4.02. The van der Waals surface area contributed by atoms with Gasteiger partial charge in [-0.1, -0.05) is 18.9 Å². The number of nitrogens with one attached hydrogen (secondary N) is 2. The average Bonchev–Trinajstić information content (AvgIpc) is 3.68. The largest absolute Gasteiger partial charge is 0.480 e. The lowest BCUT2D eigenvalue weighted by atomic mass is 9.77. The molecular weight excluding hydrogens is 560 g/mol. The minimum Gasteiger partial charge on any atom is -0.480 e. The number of likely N-dealkylation sites (tertiary alicyclic amines) is 2. The van der Waals surface area contributed by atoms with Crippen molar-refractivity contribution in [1.29, 1.82) is 0 Å². The SMILES string of the molecule is CSCC(=O)N[C@H]1C[C@@H](C(=O)O)N(C(=O)C2CCCCC2C(=O)N2C[C@@H](NC(=O)c3cccs3)C[C@H]2C(=O)O)C1. The van der Waals surface area contributed by atoms with Crippen molar-refractivity contribution in [2.75, 3.05) is 25.1 Å². The second-order valence-corrected chi connectivity index (χ2v) is 12.3. The number of amides is 4. The van der Waals surface area contributed by atoms with Crippen molar-refractivity contribution in [2.24, 2.45) is 11.8 Å². The Morgan fingerprint density at radius 2 is 1.43 bits per heavy atom. The van der Waals surface area contributed by atoms with Crippen LogP contribution in [0, 0.1) is 11.8 Å². The Bertz CT molecular complexity index is 1150. The smallest absolute Gasteiger partial charge is 0.326 e. The second-order valence-electron chi connectivity index (χ2n) is 10.5. The predicted octanol–water partition coefficient (Wildman–Crippen LogP) is 0.872. The predicted molar refractivity (Wildman–Crippen MR) is 147 cm³/mol. The molecule has 0 bridgehead atoms. The molecule has 2 saturated heterocycles. The summed E-state index contributed by atoms with van der Waals surface area (Å²) in [7, 11) is 0. The minimum absolute atomic E-state index is 0.00926. The molecule has 0 aromatic carbocycles. The van der Waals surface area contributed by atoms with Gasteiger partial charge in [0.05, 0.1) is 10.6 Å². The van der Waals surface area contributed by atoms with E-state index in [4.69, 9.17) is 0 Å². The van der Waals surface area contributed by atoms with Gasteiger partial charge in [0.1, 0.15) is 12.1 Å². The van der Waals surface area contributed by atoms with Gasteiger partial charge < -0.3 is 30.6 Å². The number of carboxylic acids is 2. The van der Waals surface area contributed by atoms with Crippen LogP contribution in [0.2, 0.25) is 0 Å². The van der Waals surface area contributed by atoms with E-state index in [-0.39, 0.29) is 43.5 Å². The van der Waals surface area contributed by atoms with Crippen LogP contribution in [0.15, 0.2) is 17.5 Å². The highest BCUT2D eigenvalue weighted by atomic mass is 32.2. The fraction of sp³-hybridized carbons (Fsp3) is 0.615. The maximum atomic E-state index is 13.8. The van der Waals surface area contributed by atoms with Crippen LogP contribution in [0.5, 0.6) is 0 Å². The van der Waals surface area contributed by atoms with Crippen LogP contribution in [0.25, 0.3) is 0 Å². The molecule has 1 aromatic rings. The maximum Gasteiger partial charge on any atom is 0.326 e. The lowest BCUT2D eigenvalue weighted by molar-refractivity contribution is -0.156. The van der Waals surface area contributed by atoms with Gasteiger partial charge in [0.25, 0.3) is 5.91 Å². The summed E-state index contributed by atoms with van der Waals surface area (Å²) < 4.78 is 0. The molecule has 4 amide bonds. The topological polar surface area (TPSA) is 173 Å². The van der Waals surface area contributed by atoms with Crippen molar-refractivity contribution in [3.8, 4) is 0 Å². The maximum absolute atomic E-state index is 13.8. The number of aliphatic carboxylic acids is 2. The molecule has 4 rings (SSSR count). The fourth-order valence-electron chi connectivity index (χ4n) is 6.05. The van der Waals surface area contributed by atoms with Crippen LogP contribution < -0.4 is 10.6 Å². The van der Waals surface area contributed by atoms with Crippen molar-refractivity contribution in [1.82, 2.24) is 20.4 Å². The number of hydrogen-bond donors (Lipinski definition) is 4. The van der Waals surface area contributed by atoms with E-state index in [9.17, 15) is 39.0 Å². The Kier molecular flexibility index (Phi) is 9.72. The average molecular weight is 595 g/mol. The molecule has 14 heteroatoms. The molecule has 1 aliphatic carbocycles. The number of thioether (sulfide) groups is 1. The Morgan fingerprint density at radius 3 is 1.88 bits per heavy atom. The minimum atomic E-state index is -1.19. The van der Waals surface area contributed by atoms with Gasteiger partial charge in [0, 0.05) is 49.9 Å². The van der Waals surface area contributed by atoms with E-state index in [1.54, 1.807) is 23.8 Å². The third kappa shape index (κ3) is 6.60. The Hall–Kier alpha value is -3.13. The van der Waals surface area contributed by atoms with Crippen molar-refractivity contribution < 1.29 is 39.0 Å². The Labute approximate surface area is 239 Å². The Morgan fingerprint density at radius 1 is 0.900 bits per heavy atom. The molecule has 218 valence electrons. The summed E-state index contributed by atoms with van der Waals surface area (Å²) in [5.74, 6) is -5.23. The number of carbonyl (C=O) groups excluding carboxylic acids is 4. The van der Waals surface area contributed by atoms with E-state index in [0.29, 0.717) is 30.6 Å². The lowest BCUT2D eigenvalue weighted by Crippen LogP contribution is -2.51. The first kappa shape index (κ1) is 29.8. The molecule has 2 aliphatic heterocycles. The van der Waals surface area contributed by atoms with Crippen LogP contribution in [0.4, 0.5) is 0 Å². The highest BCUT2D eigenvalue weighted by Crippen LogP contribution is 2.36. The molecule has 0 spiro atoms. The molecule has 40 heavy (non-hydrogen) atoms. The molecule has 3 heterocycles. The Balaban J connectivity index is 1.48.